The average Bonchev–Trinajstić information content (AvgIpc) is 3.43. The van der Waals surface area contributed by atoms with Gasteiger partial charge in [0.2, 0.25) is 4.96 Å². The molecule has 0 fully saturated rings. The summed E-state index contributed by atoms with van der Waals surface area (Å²) in [7, 11) is 0. The molecule has 0 spiro atoms. The number of carbonyl (C=O) groups excluding carboxylic acids is 1. The van der Waals surface area contributed by atoms with Crippen molar-refractivity contribution < 1.29 is 9.18 Å². The summed E-state index contributed by atoms with van der Waals surface area (Å²) in [5.74, 6) is 0.133. The van der Waals surface area contributed by atoms with Crippen molar-refractivity contribution in [2.75, 3.05) is 5.32 Å². The minimum atomic E-state index is -0.365. The number of hydrogen-bond acceptors (Lipinski definition) is 6. The van der Waals surface area contributed by atoms with E-state index in [0.29, 0.717) is 22.0 Å². The van der Waals surface area contributed by atoms with E-state index in [1.165, 1.54) is 29.7 Å². The lowest BCUT2D eigenvalue weighted by Gasteiger charge is -2.04. The van der Waals surface area contributed by atoms with Gasteiger partial charge in [-0.25, -0.2) is 18.6 Å². The number of pyridine rings is 1. The number of halogens is 1. The number of hydrogen-bond donors (Lipinski definition) is 1. The molecule has 5 rings (SSSR count). The minimum Gasteiger partial charge on any atom is -0.289 e. The Morgan fingerprint density at radius 2 is 2.00 bits per heavy atom. The highest BCUT2D eigenvalue weighted by Crippen LogP contribution is 2.26. The van der Waals surface area contributed by atoms with E-state index in [-0.39, 0.29) is 17.7 Å². The predicted octanol–water partition coefficient (Wildman–Crippen LogP) is 3.74. The van der Waals surface area contributed by atoms with Gasteiger partial charge in [-0.15, -0.1) is 16.4 Å². The fourth-order valence-corrected chi connectivity index (χ4v) is 3.90. The molecule has 0 unspecified atom stereocenters. The first kappa shape index (κ1) is 18.1. The Hall–Kier alpha value is -3.92. The van der Waals surface area contributed by atoms with E-state index in [4.69, 9.17) is 0 Å². The van der Waals surface area contributed by atoms with Crippen LogP contribution in [0, 0.1) is 12.7 Å². The summed E-state index contributed by atoms with van der Waals surface area (Å²) in [5.41, 5.74) is 2.62. The standard InChI is InChI=1S/C20H14FN7OS/c1-12-15(10-23-27(12)17-4-2-3-9-22-17)18(29)24-19-25-20-28(26-19)16(11-30-20)13-5-7-14(21)8-6-13/h2-11H,1H3,(H,24,26,29). The van der Waals surface area contributed by atoms with Crippen LogP contribution in [-0.2, 0) is 0 Å². The summed E-state index contributed by atoms with van der Waals surface area (Å²) in [6, 6.07) is 11.6. The number of aromatic nitrogens is 6. The van der Waals surface area contributed by atoms with E-state index in [9.17, 15) is 9.18 Å². The van der Waals surface area contributed by atoms with Crippen LogP contribution in [0.4, 0.5) is 10.3 Å². The molecule has 1 aromatic carbocycles. The van der Waals surface area contributed by atoms with Crippen LogP contribution < -0.4 is 5.32 Å². The second-order valence-electron chi connectivity index (χ2n) is 6.46. The maximum Gasteiger partial charge on any atom is 0.261 e. The third-order valence-electron chi connectivity index (χ3n) is 4.57. The molecule has 0 saturated carbocycles. The van der Waals surface area contributed by atoms with Crippen LogP contribution in [-0.4, -0.2) is 35.3 Å². The van der Waals surface area contributed by atoms with Crippen molar-refractivity contribution in [2.45, 2.75) is 6.92 Å². The van der Waals surface area contributed by atoms with Crippen molar-refractivity contribution in [2.24, 2.45) is 0 Å². The molecule has 10 heteroatoms. The third-order valence-corrected chi connectivity index (χ3v) is 5.38. The molecule has 5 aromatic rings. The fraction of sp³-hybridized carbons (Fsp3) is 0.0500. The van der Waals surface area contributed by atoms with Crippen molar-refractivity contribution >= 4 is 28.2 Å². The van der Waals surface area contributed by atoms with Crippen molar-refractivity contribution in [3.05, 3.63) is 77.3 Å². The molecule has 0 radical (unpaired) electrons. The molecule has 1 N–H and O–H groups in total. The lowest BCUT2D eigenvalue weighted by atomic mass is 10.2. The largest absolute Gasteiger partial charge is 0.289 e. The summed E-state index contributed by atoms with van der Waals surface area (Å²) in [6.07, 6.45) is 3.15. The second-order valence-corrected chi connectivity index (χ2v) is 7.29. The highest BCUT2D eigenvalue weighted by atomic mass is 32.1. The number of carbonyl (C=O) groups is 1. The van der Waals surface area contributed by atoms with Gasteiger partial charge in [-0.05, 0) is 43.3 Å². The first-order valence-electron chi connectivity index (χ1n) is 8.98. The summed E-state index contributed by atoms with van der Waals surface area (Å²) in [5, 5.41) is 13.2. The molecule has 0 bridgehead atoms. The minimum absolute atomic E-state index is 0.181. The van der Waals surface area contributed by atoms with Gasteiger partial charge in [-0.2, -0.15) is 10.1 Å². The second kappa shape index (κ2) is 7.16. The van der Waals surface area contributed by atoms with Crippen LogP contribution in [0.25, 0.3) is 22.0 Å². The molecule has 1 amide bonds. The Labute approximate surface area is 173 Å². The lowest BCUT2D eigenvalue weighted by Crippen LogP contribution is -2.14. The van der Waals surface area contributed by atoms with Gasteiger partial charge < -0.3 is 0 Å². The van der Waals surface area contributed by atoms with Gasteiger partial charge in [0, 0.05) is 17.1 Å². The Morgan fingerprint density at radius 1 is 1.17 bits per heavy atom. The highest BCUT2D eigenvalue weighted by Gasteiger charge is 2.18. The molecule has 0 aliphatic rings. The van der Waals surface area contributed by atoms with E-state index in [1.54, 1.807) is 34.5 Å². The molecule has 148 valence electrons. The van der Waals surface area contributed by atoms with Crippen molar-refractivity contribution in [1.29, 1.82) is 0 Å². The molecule has 4 aromatic heterocycles. The Bertz CT molecular complexity index is 1360. The quantitative estimate of drug-likeness (QED) is 0.479. The normalized spacial score (nSPS) is 11.1. The van der Waals surface area contributed by atoms with Crippen molar-refractivity contribution in [3.63, 3.8) is 0 Å². The van der Waals surface area contributed by atoms with Crippen LogP contribution in [0.5, 0.6) is 0 Å². The summed E-state index contributed by atoms with van der Waals surface area (Å²) in [6.45, 7) is 1.79. The third kappa shape index (κ3) is 3.12. The van der Waals surface area contributed by atoms with E-state index in [1.807, 2.05) is 23.6 Å². The van der Waals surface area contributed by atoms with Gasteiger partial charge in [-0.3, -0.25) is 10.1 Å². The number of benzene rings is 1. The van der Waals surface area contributed by atoms with Gasteiger partial charge in [0.1, 0.15) is 5.82 Å². The van der Waals surface area contributed by atoms with Gasteiger partial charge in [0.15, 0.2) is 5.82 Å². The number of anilines is 1. The molecule has 0 atom stereocenters. The number of nitrogens with one attached hydrogen (secondary N) is 1. The zero-order valence-corrected chi connectivity index (χ0v) is 16.5. The predicted molar refractivity (Wildman–Crippen MR) is 110 cm³/mol. The molecule has 0 aliphatic carbocycles. The van der Waals surface area contributed by atoms with Gasteiger partial charge in [-0.1, -0.05) is 6.07 Å². The molecule has 0 saturated heterocycles. The van der Waals surface area contributed by atoms with Gasteiger partial charge in [0.25, 0.3) is 11.9 Å². The first-order valence-corrected chi connectivity index (χ1v) is 9.86. The summed E-state index contributed by atoms with van der Waals surface area (Å²) < 4.78 is 16.4. The van der Waals surface area contributed by atoms with E-state index in [0.717, 1.165) is 11.3 Å². The van der Waals surface area contributed by atoms with Crippen LogP contribution in [0.15, 0.2) is 60.2 Å². The lowest BCUT2D eigenvalue weighted by molar-refractivity contribution is 0.102. The van der Waals surface area contributed by atoms with Gasteiger partial charge >= 0.3 is 0 Å². The average molecular weight is 419 g/mol. The Morgan fingerprint density at radius 3 is 2.77 bits per heavy atom. The maximum atomic E-state index is 13.2. The van der Waals surface area contributed by atoms with Crippen LogP contribution in [0.1, 0.15) is 16.1 Å². The molecule has 8 nitrogen and oxygen atoms in total. The Kier molecular flexibility index (Phi) is 4.32. The van der Waals surface area contributed by atoms with Crippen LogP contribution in [0.3, 0.4) is 0 Å². The molecule has 0 aliphatic heterocycles. The van der Waals surface area contributed by atoms with E-state index < -0.39 is 0 Å². The monoisotopic (exact) mass is 419 g/mol. The molecular weight excluding hydrogens is 405 g/mol. The van der Waals surface area contributed by atoms with E-state index in [2.05, 4.69) is 25.5 Å². The topological polar surface area (TPSA) is 90.0 Å². The van der Waals surface area contributed by atoms with Crippen molar-refractivity contribution in [1.82, 2.24) is 29.4 Å². The smallest absolute Gasteiger partial charge is 0.261 e. The number of nitrogens with zero attached hydrogens (tertiary/aromatic N) is 6. The van der Waals surface area contributed by atoms with Crippen molar-refractivity contribution in [3.8, 4) is 17.1 Å². The SMILES string of the molecule is Cc1c(C(=O)Nc2nc3scc(-c4ccc(F)cc4)n3n2)cnn1-c1ccccn1. The summed E-state index contributed by atoms with van der Waals surface area (Å²) in [4.78, 5) is 22.0. The van der Waals surface area contributed by atoms with Gasteiger partial charge in [0.05, 0.1) is 23.1 Å². The van der Waals surface area contributed by atoms with Crippen LogP contribution in [0.2, 0.25) is 0 Å². The maximum absolute atomic E-state index is 13.2. The summed E-state index contributed by atoms with van der Waals surface area (Å²) >= 11 is 1.38. The highest BCUT2D eigenvalue weighted by molar-refractivity contribution is 7.15. The first-order chi connectivity index (χ1) is 14.6. The molecule has 4 heterocycles. The number of thiazole rings is 1. The fourth-order valence-electron chi connectivity index (χ4n) is 3.06. The zero-order chi connectivity index (χ0) is 20.7. The number of rotatable bonds is 4. The number of fused-ring (bicyclic) bond motifs is 1. The van der Waals surface area contributed by atoms with Crippen LogP contribution >= 0.6 is 11.3 Å². The Balaban J connectivity index is 1.42. The zero-order valence-electron chi connectivity index (χ0n) is 15.7. The number of amides is 1. The molecular formula is C20H14FN7OS. The van der Waals surface area contributed by atoms with E-state index >= 15 is 0 Å². The molecule has 30 heavy (non-hydrogen) atoms.